The Labute approximate surface area is 162 Å². The topological polar surface area (TPSA) is 105 Å². The zero-order valence-corrected chi connectivity index (χ0v) is 16.8. The highest BCUT2D eigenvalue weighted by molar-refractivity contribution is 6.02. The monoisotopic (exact) mass is 382 g/mol. The van der Waals surface area contributed by atoms with E-state index in [0.29, 0.717) is 26.1 Å². The molecule has 0 aromatic rings. The summed E-state index contributed by atoms with van der Waals surface area (Å²) in [6, 6.07) is -1.43. The second kappa shape index (κ2) is 11.7. The molecule has 0 spiro atoms. The molecule has 0 aromatic heterocycles. The maximum absolute atomic E-state index is 13.0. The van der Waals surface area contributed by atoms with Gasteiger partial charge in [-0.1, -0.05) is 32.8 Å². The van der Waals surface area contributed by atoms with Crippen LogP contribution in [0.15, 0.2) is 12.7 Å². The number of nitrogens with two attached hydrogens (primary N) is 1. The van der Waals surface area contributed by atoms with E-state index in [1.165, 1.54) is 9.80 Å². The molecular formula is C19H34N4O4. The molecule has 1 aliphatic rings. The summed E-state index contributed by atoms with van der Waals surface area (Å²) in [6.07, 6.45) is 4.02. The van der Waals surface area contributed by atoms with Gasteiger partial charge in [0, 0.05) is 13.1 Å². The molecule has 1 aliphatic heterocycles. The molecule has 0 bridgehead atoms. The number of imide groups is 1. The third-order valence-corrected chi connectivity index (χ3v) is 4.60. The van der Waals surface area contributed by atoms with E-state index in [1.807, 2.05) is 13.8 Å². The first-order chi connectivity index (χ1) is 12.9. The van der Waals surface area contributed by atoms with Gasteiger partial charge in [-0.15, -0.1) is 6.58 Å². The predicted molar refractivity (Wildman–Crippen MR) is 104 cm³/mol. The third-order valence-electron chi connectivity index (χ3n) is 4.60. The first-order valence-electron chi connectivity index (χ1n) is 9.78. The fourth-order valence-corrected chi connectivity index (χ4v) is 2.96. The predicted octanol–water partition coefficient (Wildman–Crippen LogP) is 1.60. The van der Waals surface area contributed by atoms with Gasteiger partial charge in [-0.05, 0) is 26.2 Å². The van der Waals surface area contributed by atoms with Crippen LogP contribution in [0.1, 0.15) is 52.9 Å². The van der Waals surface area contributed by atoms with E-state index >= 15 is 0 Å². The summed E-state index contributed by atoms with van der Waals surface area (Å²) in [6.45, 7) is 10.5. The molecule has 0 aliphatic carbocycles. The maximum atomic E-state index is 13.0. The van der Waals surface area contributed by atoms with Crippen LogP contribution in [0.2, 0.25) is 0 Å². The molecule has 0 radical (unpaired) electrons. The number of urea groups is 1. The molecule has 8 heteroatoms. The summed E-state index contributed by atoms with van der Waals surface area (Å²) < 4.78 is 5.56. The Morgan fingerprint density at radius 2 is 2.04 bits per heavy atom. The van der Waals surface area contributed by atoms with Gasteiger partial charge < -0.3 is 20.3 Å². The maximum Gasteiger partial charge on any atom is 0.325 e. The van der Waals surface area contributed by atoms with Gasteiger partial charge in [0.15, 0.2) is 0 Å². The number of carbonyl (C=O) groups is 3. The van der Waals surface area contributed by atoms with Crippen molar-refractivity contribution in [3.05, 3.63) is 12.7 Å². The minimum absolute atomic E-state index is 0.298. The molecule has 3 unspecified atom stereocenters. The molecule has 154 valence electrons. The van der Waals surface area contributed by atoms with Crippen molar-refractivity contribution in [1.29, 1.82) is 0 Å². The normalized spacial score (nSPS) is 21.0. The van der Waals surface area contributed by atoms with E-state index in [0.717, 1.165) is 25.7 Å². The van der Waals surface area contributed by atoms with Crippen molar-refractivity contribution in [2.24, 2.45) is 5.73 Å². The van der Waals surface area contributed by atoms with Crippen molar-refractivity contribution < 1.29 is 19.1 Å². The molecule has 1 rings (SSSR count). The van der Waals surface area contributed by atoms with Gasteiger partial charge in [-0.3, -0.25) is 14.9 Å². The van der Waals surface area contributed by atoms with Crippen LogP contribution in [-0.2, 0) is 14.3 Å². The zero-order chi connectivity index (χ0) is 20.4. The molecule has 1 saturated heterocycles. The van der Waals surface area contributed by atoms with Crippen LogP contribution in [0.25, 0.3) is 0 Å². The summed E-state index contributed by atoms with van der Waals surface area (Å²) >= 11 is 0. The number of amides is 4. The van der Waals surface area contributed by atoms with Crippen molar-refractivity contribution in [2.75, 3.05) is 19.7 Å². The first kappa shape index (κ1) is 23.1. The van der Waals surface area contributed by atoms with Crippen LogP contribution in [0.3, 0.4) is 0 Å². The summed E-state index contributed by atoms with van der Waals surface area (Å²) in [5, 5.41) is 2.34. The minimum Gasteiger partial charge on any atom is -0.368 e. The van der Waals surface area contributed by atoms with E-state index < -0.39 is 30.2 Å². The Balaban J connectivity index is 3.00. The molecule has 1 fully saturated rings. The zero-order valence-electron chi connectivity index (χ0n) is 16.8. The molecule has 3 atom stereocenters. The molecule has 27 heavy (non-hydrogen) atoms. The summed E-state index contributed by atoms with van der Waals surface area (Å²) in [5.74, 6) is -0.837. The number of nitrogens with one attached hydrogen (secondary N) is 1. The number of unbranched alkanes of at least 4 members (excludes halogenated alkanes) is 2. The lowest BCUT2D eigenvalue weighted by molar-refractivity contribution is -0.152. The lowest BCUT2D eigenvalue weighted by atomic mass is 10.1. The Hall–Kier alpha value is -1.93. The second-order valence-electron chi connectivity index (χ2n) is 6.75. The molecule has 0 aromatic carbocycles. The summed E-state index contributed by atoms with van der Waals surface area (Å²) in [5.41, 5.74) is 6.27. The SMILES string of the molecule is C=CCCOC(C)C(=O)N(CCCC)C1C(=O)NC(=O)N(CCCC)C1N. The van der Waals surface area contributed by atoms with Crippen molar-refractivity contribution in [3.8, 4) is 0 Å². The molecule has 4 amide bonds. The number of ether oxygens (including phenoxy) is 1. The molecule has 1 heterocycles. The van der Waals surface area contributed by atoms with Gasteiger partial charge in [-0.2, -0.15) is 0 Å². The quantitative estimate of drug-likeness (QED) is 0.394. The van der Waals surface area contributed by atoms with Gasteiger partial charge in [0.25, 0.3) is 11.8 Å². The minimum atomic E-state index is -0.927. The Morgan fingerprint density at radius 3 is 2.63 bits per heavy atom. The van der Waals surface area contributed by atoms with Gasteiger partial charge in [0.05, 0.1) is 6.61 Å². The third kappa shape index (κ3) is 6.32. The highest BCUT2D eigenvalue weighted by Gasteiger charge is 2.44. The number of carbonyl (C=O) groups excluding carboxylic acids is 3. The average molecular weight is 383 g/mol. The van der Waals surface area contributed by atoms with Gasteiger partial charge in [0.1, 0.15) is 18.3 Å². The van der Waals surface area contributed by atoms with E-state index in [4.69, 9.17) is 10.5 Å². The summed E-state index contributed by atoms with van der Waals surface area (Å²) in [7, 11) is 0. The second-order valence-corrected chi connectivity index (χ2v) is 6.75. The molecule has 3 N–H and O–H groups in total. The highest BCUT2D eigenvalue weighted by atomic mass is 16.5. The van der Waals surface area contributed by atoms with Crippen LogP contribution in [0.5, 0.6) is 0 Å². The van der Waals surface area contributed by atoms with Crippen LogP contribution >= 0.6 is 0 Å². The van der Waals surface area contributed by atoms with Crippen molar-refractivity contribution >= 4 is 17.8 Å². The Kier molecular flexibility index (Phi) is 10.0. The number of rotatable bonds is 12. The lowest BCUT2D eigenvalue weighted by Crippen LogP contribution is -2.71. The van der Waals surface area contributed by atoms with Crippen LogP contribution in [-0.4, -0.2) is 65.7 Å². The summed E-state index contributed by atoms with van der Waals surface area (Å²) in [4.78, 5) is 40.6. The fourth-order valence-electron chi connectivity index (χ4n) is 2.96. The largest absolute Gasteiger partial charge is 0.368 e. The van der Waals surface area contributed by atoms with Gasteiger partial charge >= 0.3 is 6.03 Å². The van der Waals surface area contributed by atoms with E-state index in [-0.39, 0.29) is 5.91 Å². The standard InChI is InChI=1S/C19H34N4O4/c1-5-8-11-22(18(25)14(4)27-13-10-7-3)15-16(20)23(12-9-6-2)19(26)21-17(15)24/h7,14-16H,3,5-6,8-13,20H2,1-2,4H3,(H,21,24,26). The van der Waals surface area contributed by atoms with E-state index in [2.05, 4.69) is 11.9 Å². The van der Waals surface area contributed by atoms with Crippen molar-refractivity contribution in [1.82, 2.24) is 15.1 Å². The van der Waals surface area contributed by atoms with E-state index in [1.54, 1.807) is 13.0 Å². The highest BCUT2D eigenvalue weighted by Crippen LogP contribution is 2.17. The number of nitrogens with zero attached hydrogens (tertiary/aromatic N) is 2. The first-order valence-corrected chi connectivity index (χ1v) is 9.78. The Morgan fingerprint density at radius 1 is 1.37 bits per heavy atom. The van der Waals surface area contributed by atoms with Crippen LogP contribution in [0, 0.1) is 0 Å². The number of hydrogen-bond acceptors (Lipinski definition) is 5. The lowest BCUT2D eigenvalue weighted by Gasteiger charge is -2.43. The van der Waals surface area contributed by atoms with Crippen LogP contribution < -0.4 is 11.1 Å². The van der Waals surface area contributed by atoms with E-state index in [9.17, 15) is 14.4 Å². The average Bonchev–Trinajstić information content (AvgIpc) is 2.63. The molecule has 0 saturated carbocycles. The Bertz CT molecular complexity index is 526. The van der Waals surface area contributed by atoms with Crippen LogP contribution in [0.4, 0.5) is 4.79 Å². The molecule has 8 nitrogen and oxygen atoms in total. The van der Waals surface area contributed by atoms with Gasteiger partial charge in [0.2, 0.25) is 0 Å². The van der Waals surface area contributed by atoms with Crippen molar-refractivity contribution in [2.45, 2.75) is 71.2 Å². The van der Waals surface area contributed by atoms with Crippen molar-refractivity contribution in [3.63, 3.8) is 0 Å². The number of hydrogen-bond donors (Lipinski definition) is 2. The van der Waals surface area contributed by atoms with Gasteiger partial charge in [-0.25, -0.2) is 4.79 Å². The smallest absolute Gasteiger partial charge is 0.325 e. The fraction of sp³-hybridized carbons (Fsp3) is 0.737. The molecular weight excluding hydrogens is 348 g/mol.